The zero-order valence-electron chi connectivity index (χ0n) is 11.3. The average Bonchev–Trinajstić information content (AvgIpc) is 2.84. The van der Waals surface area contributed by atoms with Crippen LogP contribution in [0.25, 0.3) is 0 Å². The molecule has 4 nitrogen and oxygen atoms in total. The Morgan fingerprint density at radius 2 is 2.20 bits per heavy atom. The predicted molar refractivity (Wildman–Crippen MR) is 82.1 cm³/mol. The van der Waals surface area contributed by atoms with E-state index < -0.39 is 0 Å². The van der Waals surface area contributed by atoms with Crippen LogP contribution in [0, 0.1) is 5.92 Å². The summed E-state index contributed by atoms with van der Waals surface area (Å²) in [7, 11) is 0. The molecule has 0 bridgehead atoms. The Balaban J connectivity index is 1.78. The van der Waals surface area contributed by atoms with Gasteiger partial charge in [0.2, 0.25) is 5.91 Å². The van der Waals surface area contributed by atoms with Gasteiger partial charge in [-0.05, 0) is 31.2 Å². The molecule has 110 valence electrons. The Morgan fingerprint density at radius 3 is 2.80 bits per heavy atom. The third kappa shape index (κ3) is 4.38. The van der Waals surface area contributed by atoms with Gasteiger partial charge in [-0.3, -0.25) is 4.79 Å². The van der Waals surface area contributed by atoms with Crippen molar-refractivity contribution in [2.45, 2.75) is 23.2 Å². The highest BCUT2D eigenvalue weighted by Crippen LogP contribution is 2.24. The van der Waals surface area contributed by atoms with Crippen LogP contribution in [0.1, 0.15) is 6.92 Å². The summed E-state index contributed by atoms with van der Waals surface area (Å²) in [6.07, 6.45) is -0.366. The molecule has 1 amide bonds. The van der Waals surface area contributed by atoms with E-state index in [0.29, 0.717) is 18.1 Å². The summed E-state index contributed by atoms with van der Waals surface area (Å²) in [6, 6.07) is 7.44. The Kier molecular flexibility index (Phi) is 5.72. The number of amides is 1. The highest BCUT2D eigenvalue weighted by Gasteiger charge is 2.25. The highest BCUT2D eigenvalue weighted by molar-refractivity contribution is 8.00. The quantitative estimate of drug-likeness (QED) is 0.721. The second-order valence-electron chi connectivity index (χ2n) is 4.94. The molecule has 6 heteroatoms. The molecule has 1 saturated heterocycles. The van der Waals surface area contributed by atoms with Crippen LogP contribution in [0.4, 0.5) is 0 Å². The number of benzene rings is 1. The topological polar surface area (TPSA) is 61.4 Å². The van der Waals surface area contributed by atoms with Crippen molar-refractivity contribution in [3.63, 3.8) is 0 Å². The Labute approximate surface area is 128 Å². The molecule has 0 aliphatic carbocycles. The minimum absolute atomic E-state index is 0.0101. The number of aliphatic hydroxyl groups is 1. The molecule has 1 aliphatic heterocycles. The molecule has 20 heavy (non-hydrogen) atoms. The minimum Gasteiger partial charge on any atom is -0.391 e. The summed E-state index contributed by atoms with van der Waals surface area (Å²) in [5.74, 6) is 0.0933. The molecule has 1 heterocycles. The fourth-order valence-electron chi connectivity index (χ4n) is 2.07. The van der Waals surface area contributed by atoms with Gasteiger partial charge in [-0.15, -0.1) is 11.8 Å². The van der Waals surface area contributed by atoms with Crippen molar-refractivity contribution < 1.29 is 9.90 Å². The molecule has 0 radical (unpaired) electrons. The van der Waals surface area contributed by atoms with E-state index in [1.165, 1.54) is 11.8 Å². The molecule has 1 aromatic carbocycles. The molecule has 0 spiro atoms. The summed E-state index contributed by atoms with van der Waals surface area (Å²) in [4.78, 5) is 13.0. The van der Waals surface area contributed by atoms with Gasteiger partial charge in [0.05, 0.1) is 11.4 Å². The zero-order chi connectivity index (χ0) is 14.5. The third-order valence-corrected chi connectivity index (χ3v) is 4.70. The van der Waals surface area contributed by atoms with Crippen molar-refractivity contribution in [3.8, 4) is 0 Å². The number of carbonyl (C=O) groups excluding carboxylic acids is 1. The smallest absolute Gasteiger partial charge is 0.233 e. The number of hydrogen-bond acceptors (Lipinski definition) is 4. The summed E-state index contributed by atoms with van der Waals surface area (Å²) < 4.78 is 0. The standard InChI is InChI=1S/C14H19ClN2O2S/c1-9(20-12-4-2-11(15)3-5-12)14(19)17-7-10-6-16-8-13(10)18/h2-5,9-10,13,16,18H,6-8H2,1H3,(H,17,19). The maximum absolute atomic E-state index is 12.0. The number of β-amino-alcohol motifs (C(OH)–C–C–N with tert-alkyl or cyclic N) is 1. The van der Waals surface area contributed by atoms with E-state index in [2.05, 4.69) is 10.6 Å². The molecule has 0 saturated carbocycles. The van der Waals surface area contributed by atoms with Crippen molar-refractivity contribution >= 4 is 29.3 Å². The van der Waals surface area contributed by atoms with Gasteiger partial charge >= 0.3 is 0 Å². The largest absolute Gasteiger partial charge is 0.391 e. The van der Waals surface area contributed by atoms with Crippen LogP contribution in [0.15, 0.2) is 29.2 Å². The van der Waals surface area contributed by atoms with Crippen LogP contribution in [0.3, 0.4) is 0 Å². The second-order valence-corrected chi connectivity index (χ2v) is 6.80. The first-order valence-corrected chi connectivity index (χ1v) is 7.90. The maximum Gasteiger partial charge on any atom is 0.233 e. The van der Waals surface area contributed by atoms with Gasteiger partial charge in [0, 0.05) is 35.5 Å². The van der Waals surface area contributed by atoms with Crippen molar-refractivity contribution in [1.29, 1.82) is 0 Å². The van der Waals surface area contributed by atoms with Crippen LogP contribution in [0.5, 0.6) is 0 Å². The highest BCUT2D eigenvalue weighted by atomic mass is 35.5. The van der Waals surface area contributed by atoms with Crippen molar-refractivity contribution in [3.05, 3.63) is 29.3 Å². The first-order chi connectivity index (χ1) is 9.56. The lowest BCUT2D eigenvalue weighted by molar-refractivity contribution is -0.120. The van der Waals surface area contributed by atoms with Gasteiger partial charge in [-0.2, -0.15) is 0 Å². The van der Waals surface area contributed by atoms with Gasteiger partial charge in [0.25, 0.3) is 0 Å². The van der Waals surface area contributed by atoms with Gasteiger partial charge in [0.1, 0.15) is 0 Å². The van der Waals surface area contributed by atoms with E-state index in [4.69, 9.17) is 11.6 Å². The first-order valence-electron chi connectivity index (χ1n) is 6.65. The summed E-state index contributed by atoms with van der Waals surface area (Å²) in [5, 5.41) is 16.2. The van der Waals surface area contributed by atoms with Gasteiger partial charge < -0.3 is 15.7 Å². The fourth-order valence-corrected chi connectivity index (χ4v) is 3.09. The molecular formula is C14H19ClN2O2S. The molecule has 1 aromatic rings. The van der Waals surface area contributed by atoms with E-state index in [-0.39, 0.29) is 23.2 Å². The lowest BCUT2D eigenvalue weighted by Crippen LogP contribution is -2.38. The maximum atomic E-state index is 12.0. The molecule has 1 fully saturated rings. The molecule has 3 atom stereocenters. The normalized spacial score (nSPS) is 23.6. The van der Waals surface area contributed by atoms with Crippen molar-refractivity contribution in [2.24, 2.45) is 5.92 Å². The van der Waals surface area contributed by atoms with Crippen LogP contribution < -0.4 is 10.6 Å². The number of thioether (sulfide) groups is 1. The average molecular weight is 315 g/mol. The Morgan fingerprint density at radius 1 is 1.50 bits per heavy atom. The molecule has 2 rings (SSSR count). The van der Waals surface area contributed by atoms with Crippen LogP contribution in [-0.2, 0) is 4.79 Å². The number of carbonyl (C=O) groups is 1. The monoisotopic (exact) mass is 314 g/mol. The van der Waals surface area contributed by atoms with Gasteiger partial charge in [-0.1, -0.05) is 11.6 Å². The van der Waals surface area contributed by atoms with E-state index in [1.807, 2.05) is 31.2 Å². The Bertz CT molecular complexity index is 455. The Hall–Kier alpha value is -0.750. The molecule has 1 aliphatic rings. The van der Waals surface area contributed by atoms with E-state index in [0.717, 1.165) is 11.4 Å². The van der Waals surface area contributed by atoms with E-state index >= 15 is 0 Å². The first kappa shape index (κ1) is 15.6. The zero-order valence-corrected chi connectivity index (χ0v) is 12.9. The van der Waals surface area contributed by atoms with Gasteiger partial charge in [0.15, 0.2) is 0 Å². The molecule has 0 aromatic heterocycles. The number of rotatable bonds is 5. The summed E-state index contributed by atoms with van der Waals surface area (Å²) in [5.41, 5.74) is 0. The van der Waals surface area contributed by atoms with Crippen molar-refractivity contribution in [2.75, 3.05) is 19.6 Å². The second kappa shape index (κ2) is 7.31. The lowest BCUT2D eigenvalue weighted by Gasteiger charge is -2.16. The van der Waals surface area contributed by atoms with E-state index in [1.54, 1.807) is 0 Å². The van der Waals surface area contributed by atoms with Crippen LogP contribution in [0.2, 0.25) is 5.02 Å². The number of nitrogens with one attached hydrogen (secondary N) is 2. The van der Waals surface area contributed by atoms with Crippen molar-refractivity contribution in [1.82, 2.24) is 10.6 Å². The number of aliphatic hydroxyl groups excluding tert-OH is 1. The fraction of sp³-hybridized carbons (Fsp3) is 0.500. The molecule has 3 unspecified atom stereocenters. The summed E-state index contributed by atoms with van der Waals surface area (Å²) in [6.45, 7) is 3.74. The number of hydrogen-bond donors (Lipinski definition) is 3. The van der Waals surface area contributed by atoms with Crippen LogP contribution >= 0.6 is 23.4 Å². The third-order valence-electron chi connectivity index (χ3n) is 3.34. The van der Waals surface area contributed by atoms with Crippen LogP contribution in [-0.4, -0.2) is 42.0 Å². The number of halogens is 1. The van der Waals surface area contributed by atoms with E-state index in [9.17, 15) is 9.90 Å². The van der Waals surface area contributed by atoms with Gasteiger partial charge in [-0.25, -0.2) is 0 Å². The predicted octanol–water partition coefficient (Wildman–Crippen LogP) is 1.52. The molecular weight excluding hydrogens is 296 g/mol. The summed E-state index contributed by atoms with van der Waals surface area (Å²) >= 11 is 7.32. The molecule has 3 N–H and O–H groups in total. The lowest BCUT2D eigenvalue weighted by atomic mass is 10.1. The SMILES string of the molecule is CC(Sc1ccc(Cl)cc1)C(=O)NCC1CNCC1O. The minimum atomic E-state index is -0.366.